The number of halogens is 2. The first kappa shape index (κ1) is 16.3. The van der Waals surface area contributed by atoms with Gasteiger partial charge in [0, 0.05) is 12.0 Å². The van der Waals surface area contributed by atoms with E-state index in [4.69, 9.17) is 10.6 Å². The smallest absolute Gasteiger partial charge is 0.159 e. The van der Waals surface area contributed by atoms with E-state index < -0.39 is 11.6 Å². The van der Waals surface area contributed by atoms with Crippen LogP contribution in [0.15, 0.2) is 18.2 Å². The molecule has 1 saturated heterocycles. The van der Waals surface area contributed by atoms with E-state index in [1.807, 2.05) is 13.8 Å². The molecule has 1 fully saturated rings. The van der Waals surface area contributed by atoms with Crippen molar-refractivity contribution in [3.63, 3.8) is 0 Å². The van der Waals surface area contributed by atoms with E-state index in [0.29, 0.717) is 6.42 Å². The zero-order chi connectivity index (χ0) is 15.8. The van der Waals surface area contributed by atoms with Crippen molar-refractivity contribution in [1.29, 1.82) is 0 Å². The van der Waals surface area contributed by atoms with Crippen LogP contribution >= 0.6 is 0 Å². The van der Waals surface area contributed by atoms with Crippen LogP contribution in [0.25, 0.3) is 0 Å². The summed E-state index contributed by atoms with van der Waals surface area (Å²) < 4.78 is 32.4. The predicted octanol–water partition coefficient (Wildman–Crippen LogP) is 2.93. The normalized spacial score (nSPS) is 25.0. The molecule has 1 aromatic carbocycles. The lowest BCUT2D eigenvalue weighted by atomic mass is 9.79. The van der Waals surface area contributed by atoms with Gasteiger partial charge in [0.05, 0.1) is 11.2 Å². The van der Waals surface area contributed by atoms with Gasteiger partial charge in [-0.05, 0) is 58.2 Å². The third-order valence-electron chi connectivity index (χ3n) is 4.28. The van der Waals surface area contributed by atoms with Crippen LogP contribution in [-0.4, -0.2) is 17.2 Å². The second-order valence-corrected chi connectivity index (χ2v) is 7.00. The van der Waals surface area contributed by atoms with Crippen molar-refractivity contribution in [1.82, 2.24) is 5.43 Å². The van der Waals surface area contributed by atoms with Crippen molar-refractivity contribution >= 4 is 0 Å². The van der Waals surface area contributed by atoms with Crippen molar-refractivity contribution in [2.24, 2.45) is 11.8 Å². The zero-order valence-electron chi connectivity index (χ0n) is 13.0. The van der Waals surface area contributed by atoms with Crippen molar-refractivity contribution in [2.45, 2.75) is 57.8 Å². The number of nitrogens with two attached hydrogens (primary N) is 1. The van der Waals surface area contributed by atoms with Gasteiger partial charge in [-0.25, -0.2) is 8.78 Å². The highest BCUT2D eigenvalue weighted by molar-refractivity contribution is 5.19. The van der Waals surface area contributed by atoms with Gasteiger partial charge in [-0.3, -0.25) is 11.3 Å². The van der Waals surface area contributed by atoms with Gasteiger partial charge in [0.15, 0.2) is 11.6 Å². The molecule has 1 aliphatic heterocycles. The fourth-order valence-electron chi connectivity index (χ4n) is 3.47. The summed E-state index contributed by atoms with van der Waals surface area (Å²) in [5, 5.41) is 0. The second-order valence-electron chi connectivity index (χ2n) is 7.00. The molecule has 0 bridgehead atoms. The molecule has 2 rings (SSSR count). The van der Waals surface area contributed by atoms with Crippen LogP contribution in [0, 0.1) is 17.6 Å². The molecule has 118 valence electrons. The molecule has 0 aromatic heterocycles. The molecular weight excluding hydrogens is 274 g/mol. The van der Waals surface area contributed by atoms with E-state index >= 15 is 0 Å². The summed E-state index contributed by atoms with van der Waals surface area (Å²) in [7, 11) is 0. The number of benzene rings is 1. The van der Waals surface area contributed by atoms with Crippen molar-refractivity contribution in [2.75, 3.05) is 0 Å². The monoisotopic (exact) mass is 298 g/mol. The Kier molecular flexibility index (Phi) is 4.38. The molecule has 3 nitrogen and oxygen atoms in total. The van der Waals surface area contributed by atoms with Crippen LogP contribution in [0.2, 0.25) is 0 Å². The van der Waals surface area contributed by atoms with Gasteiger partial charge in [-0.1, -0.05) is 6.07 Å². The number of ether oxygens (including phenoxy) is 1. The molecule has 0 spiro atoms. The molecule has 1 heterocycles. The predicted molar refractivity (Wildman–Crippen MR) is 78.5 cm³/mol. The molecule has 0 amide bonds. The summed E-state index contributed by atoms with van der Waals surface area (Å²) in [5.41, 5.74) is 3.01. The molecule has 0 aliphatic carbocycles. The van der Waals surface area contributed by atoms with Gasteiger partial charge in [-0.15, -0.1) is 0 Å². The molecule has 5 heteroatoms. The first-order chi connectivity index (χ1) is 9.64. The standard InChI is InChI=1S/C16H24F2N2O/c1-15(2)9-11(16(3,4)21-15)14(20-19)8-10-5-6-12(17)13(18)7-10/h5-7,11,14,20H,8-9,19H2,1-4H3. The van der Waals surface area contributed by atoms with Crippen LogP contribution in [0.5, 0.6) is 0 Å². The molecule has 1 aliphatic rings. The molecule has 2 atom stereocenters. The van der Waals surface area contributed by atoms with Gasteiger partial charge >= 0.3 is 0 Å². The number of rotatable bonds is 4. The maximum Gasteiger partial charge on any atom is 0.159 e. The van der Waals surface area contributed by atoms with E-state index in [0.717, 1.165) is 18.1 Å². The maximum absolute atomic E-state index is 13.3. The third-order valence-corrected chi connectivity index (χ3v) is 4.28. The fraction of sp³-hybridized carbons (Fsp3) is 0.625. The summed E-state index contributed by atoms with van der Waals surface area (Å²) in [4.78, 5) is 0. The average molecular weight is 298 g/mol. The van der Waals surface area contributed by atoms with E-state index in [-0.39, 0.29) is 23.2 Å². The van der Waals surface area contributed by atoms with Gasteiger partial charge in [0.2, 0.25) is 0 Å². The number of hydrogen-bond donors (Lipinski definition) is 2. The Hall–Kier alpha value is -1.04. The Morgan fingerprint density at radius 2 is 1.95 bits per heavy atom. The lowest BCUT2D eigenvalue weighted by Crippen LogP contribution is -2.48. The highest BCUT2D eigenvalue weighted by Crippen LogP contribution is 2.44. The quantitative estimate of drug-likeness (QED) is 0.663. The highest BCUT2D eigenvalue weighted by Gasteiger charge is 2.48. The van der Waals surface area contributed by atoms with Gasteiger partial charge in [-0.2, -0.15) is 0 Å². The summed E-state index contributed by atoms with van der Waals surface area (Å²) in [6.07, 6.45) is 1.39. The van der Waals surface area contributed by atoms with Crippen LogP contribution < -0.4 is 11.3 Å². The molecular formula is C16H24F2N2O. The molecule has 3 N–H and O–H groups in total. The lowest BCUT2D eigenvalue weighted by molar-refractivity contribution is -0.0776. The Bertz CT molecular complexity index is 517. The topological polar surface area (TPSA) is 47.3 Å². The Balaban J connectivity index is 2.18. The summed E-state index contributed by atoms with van der Waals surface area (Å²) >= 11 is 0. The Labute approximate surface area is 124 Å². The SMILES string of the molecule is CC1(C)CC(C(Cc2ccc(F)c(F)c2)NN)C(C)(C)O1. The summed E-state index contributed by atoms with van der Waals surface area (Å²) in [5.74, 6) is 4.23. The van der Waals surface area contributed by atoms with Gasteiger partial charge in [0.25, 0.3) is 0 Å². The minimum absolute atomic E-state index is 0.0633. The van der Waals surface area contributed by atoms with Gasteiger partial charge in [0.1, 0.15) is 0 Å². The van der Waals surface area contributed by atoms with Crippen LogP contribution in [0.3, 0.4) is 0 Å². The fourth-order valence-corrected chi connectivity index (χ4v) is 3.47. The largest absolute Gasteiger partial charge is 0.369 e. The Morgan fingerprint density at radius 1 is 1.29 bits per heavy atom. The minimum atomic E-state index is -0.832. The van der Waals surface area contributed by atoms with E-state index in [1.165, 1.54) is 6.07 Å². The van der Waals surface area contributed by atoms with Crippen molar-refractivity contribution < 1.29 is 13.5 Å². The highest BCUT2D eigenvalue weighted by atomic mass is 19.2. The van der Waals surface area contributed by atoms with Crippen LogP contribution in [0.4, 0.5) is 8.78 Å². The maximum atomic E-state index is 13.3. The first-order valence-electron chi connectivity index (χ1n) is 7.25. The molecule has 1 aromatic rings. The van der Waals surface area contributed by atoms with Gasteiger partial charge < -0.3 is 4.74 Å². The number of hydrogen-bond acceptors (Lipinski definition) is 3. The van der Waals surface area contributed by atoms with Crippen molar-refractivity contribution in [3.8, 4) is 0 Å². The lowest BCUT2D eigenvalue weighted by Gasteiger charge is -2.32. The van der Waals surface area contributed by atoms with Crippen LogP contribution in [-0.2, 0) is 11.2 Å². The van der Waals surface area contributed by atoms with E-state index in [9.17, 15) is 8.78 Å². The Morgan fingerprint density at radius 3 is 2.43 bits per heavy atom. The van der Waals surface area contributed by atoms with Crippen molar-refractivity contribution in [3.05, 3.63) is 35.4 Å². The molecule has 21 heavy (non-hydrogen) atoms. The number of nitrogens with one attached hydrogen (secondary N) is 1. The number of hydrazine groups is 1. The first-order valence-corrected chi connectivity index (χ1v) is 7.25. The minimum Gasteiger partial charge on any atom is -0.369 e. The average Bonchev–Trinajstić information content (AvgIpc) is 2.58. The summed E-state index contributed by atoms with van der Waals surface area (Å²) in [6, 6.07) is 3.91. The zero-order valence-corrected chi connectivity index (χ0v) is 13.0. The van der Waals surface area contributed by atoms with Crippen LogP contribution in [0.1, 0.15) is 39.7 Å². The van der Waals surface area contributed by atoms with E-state index in [1.54, 1.807) is 6.07 Å². The molecule has 2 unspecified atom stereocenters. The summed E-state index contributed by atoms with van der Waals surface area (Å²) in [6.45, 7) is 8.20. The molecule has 0 saturated carbocycles. The second kappa shape index (κ2) is 5.63. The third kappa shape index (κ3) is 3.59. The van der Waals surface area contributed by atoms with E-state index in [2.05, 4.69) is 19.3 Å². The molecule has 0 radical (unpaired) electrons.